The van der Waals surface area contributed by atoms with Crippen molar-refractivity contribution in [1.82, 2.24) is 14.5 Å². The number of hydrogen-bond acceptors (Lipinski definition) is 5. The Morgan fingerprint density at radius 1 is 1.21 bits per heavy atom. The molecule has 4 amide bonds. The molecule has 1 heterocycles. The van der Waals surface area contributed by atoms with Crippen molar-refractivity contribution < 1.29 is 22.8 Å². The fourth-order valence-electron chi connectivity index (χ4n) is 2.90. The molecule has 0 aromatic heterocycles. The Morgan fingerprint density at radius 3 is 2.31 bits per heavy atom. The summed E-state index contributed by atoms with van der Waals surface area (Å²) in [6, 6.07) is 5.06. The zero-order valence-corrected chi connectivity index (χ0v) is 18.2. The van der Waals surface area contributed by atoms with Crippen molar-refractivity contribution in [3.8, 4) is 0 Å². The molecule has 1 aliphatic rings. The van der Waals surface area contributed by atoms with Gasteiger partial charge in [-0.05, 0) is 49.9 Å². The van der Waals surface area contributed by atoms with Crippen LogP contribution in [0, 0.1) is 5.92 Å². The number of anilines is 1. The number of hydrogen-bond donors (Lipinski definition) is 2. The lowest BCUT2D eigenvalue weighted by Gasteiger charge is -2.22. The van der Waals surface area contributed by atoms with Crippen LogP contribution in [0.15, 0.2) is 29.2 Å². The van der Waals surface area contributed by atoms with Crippen molar-refractivity contribution in [3.63, 3.8) is 0 Å². The van der Waals surface area contributed by atoms with E-state index in [0.717, 1.165) is 15.6 Å². The van der Waals surface area contributed by atoms with E-state index in [9.17, 15) is 22.8 Å². The number of benzene rings is 1. The molecule has 9 nitrogen and oxygen atoms in total. The Kier molecular flexibility index (Phi) is 6.69. The second kappa shape index (κ2) is 8.50. The zero-order chi connectivity index (χ0) is 22.0. The monoisotopic (exact) mass is 424 g/mol. The second-order valence-corrected chi connectivity index (χ2v) is 10.1. The maximum Gasteiger partial charge on any atom is 0.325 e. The molecule has 29 heavy (non-hydrogen) atoms. The molecule has 0 bridgehead atoms. The molecule has 0 aliphatic carbocycles. The van der Waals surface area contributed by atoms with Crippen LogP contribution >= 0.6 is 0 Å². The molecule has 1 fully saturated rings. The van der Waals surface area contributed by atoms with Crippen LogP contribution in [0.4, 0.5) is 10.5 Å². The van der Waals surface area contributed by atoms with E-state index in [-0.39, 0.29) is 4.90 Å². The minimum atomic E-state index is -3.57. The van der Waals surface area contributed by atoms with E-state index >= 15 is 0 Å². The third-order valence-electron chi connectivity index (χ3n) is 4.79. The second-order valence-electron chi connectivity index (χ2n) is 7.95. The fraction of sp³-hybridized carbons (Fsp3) is 0.526. The van der Waals surface area contributed by atoms with Gasteiger partial charge in [0.05, 0.1) is 4.90 Å². The van der Waals surface area contributed by atoms with Gasteiger partial charge in [-0.15, -0.1) is 0 Å². The summed E-state index contributed by atoms with van der Waals surface area (Å²) in [4.78, 5) is 38.2. The Hall–Kier alpha value is -2.46. The fourth-order valence-corrected chi connectivity index (χ4v) is 3.80. The van der Waals surface area contributed by atoms with E-state index in [1.54, 1.807) is 6.92 Å². The van der Waals surface area contributed by atoms with Crippen LogP contribution in [0.2, 0.25) is 0 Å². The predicted molar refractivity (Wildman–Crippen MR) is 109 cm³/mol. The highest BCUT2D eigenvalue weighted by Crippen LogP contribution is 2.25. The summed E-state index contributed by atoms with van der Waals surface area (Å²) in [6.45, 7) is 5.31. The molecule has 2 rings (SSSR count). The average molecular weight is 425 g/mol. The first-order chi connectivity index (χ1) is 13.4. The van der Waals surface area contributed by atoms with Gasteiger partial charge in [0.25, 0.3) is 5.91 Å². The Bertz CT molecular complexity index is 896. The van der Waals surface area contributed by atoms with E-state index < -0.39 is 40.0 Å². The summed E-state index contributed by atoms with van der Waals surface area (Å²) in [5.74, 6) is -0.594. The van der Waals surface area contributed by atoms with Crippen LogP contribution in [0.5, 0.6) is 0 Å². The van der Waals surface area contributed by atoms with Crippen molar-refractivity contribution in [2.75, 3.05) is 26.0 Å². The summed E-state index contributed by atoms with van der Waals surface area (Å²) in [6.07, 6.45) is 1.26. The summed E-state index contributed by atoms with van der Waals surface area (Å²) < 4.78 is 25.2. The van der Waals surface area contributed by atoms with Crippen molar-refractivity contribution in [2.45, 2.75) is 44.0 Å². The lowest BCUT2D eigenvalue weighted by atomic mass is 9.92. The molecule has 1 atom stereocenters. The Labute approximate surface area is 171 Å². The minimum absolute atomic E-state index is 0.0931. The van der Waals surface area contributed by atoms with Crippen LogP contribution in [0.25, 0.3) is 0 Å². The highest BCUT2D eigenvalue weighted by Gasteiger charge is 2.47. The molecule has 0 saturated carbocycles. The lowest BCUT2D eigenvalue weighted by Crippen LogP contribution is -2.44. The summed E-state index contributed by atoms with van der Waals surface area (Å²) in [5.41, 5.74) is -0.647. The van der Waals surface area contributed by atoms with Crippen LogP contribution in [-0.2, 0) is 19.6 Å². The summed E-state index contributed by atoms with van der Waals surface area (Å²) in [7, 11) is -0.708. The molecule has 1 aromatic rings. The molecular weight excluding hydrogens is 396 g/mol. The van der Waals surface area contributed by atoms with E-state index in [1.165, 1.54) is 38.4 Å². The molecular formula is C19H28N4O5S. The van der Waals surface area contributed by atoms with Gasteiger partial charge in [-0.3, -0.25) is 14.5 Å². The van der Waals surface area contributed by atoms with Crippen LogP contribution in [0.3, 0.4) is 0 Å². The number of carbonyl (C=O) groups excluding carboxylic acids is 3. The predicted octanol–water partition coefficient (Wildman–Crippen LogP) is 1.62. The van der Waals surface area contributed by atoms with E-state index in [4.69, 9.17) is 0 Å². The van der Waals surface area contributed by atoms with E-state index in [0.29, 0.717) is 18.0 Å². The smallest absolute Gasteiger partial charge is 0.325 e. The van der Waals surface area contributed by atoms with Crippen LogP contribution in [-0.4, -0.2) is 61.6 Å². The number of nitrogens with zero attached hydrogens (tertiary/aromatic N) is 2. The summed E-state index contributed by atoms with van der Waals surface area (Å²) >= 11 is 0. The van der Waals surface area contributed by atoms with E-state index in [1.807, 2.05) is 13.8 Å². The number of urea groups is 1. The first kappa shape index (κ1) is 22.8. The molecule has 2 N–H and O–H groups in total. The summed E-state index contributed by atoms with van der Waals surface area (Å²) in [5, 5.41) is 5.25. The van der Waals surface area contributed by atoms with Gasteiger partial charge in [-0.25, -0.2) is 17.5 Å². The number of amides is 4. The number of rotatable bonds is 8. The minimum Gasteiger partial charge on any atom is -0.325 e. The molecule has 0 unspecified atom stereocenters. The largest absolute Gasteiger partial charge is 0.325 e. The molecule has 1 aromatic carbocycles. The Balaban J connectivity index is 2.02. The highest BCUT2D eigenvalue weighted by molar-refractivity contribution is 7.89. The number of imide groups is 1. The van der Waals surface area contributed by atoms with Gasteiger partial charge in [-0.2, -0.15) is 0 Å². The number of nitrogens with one attached hydrogen (secondary N) is 2. The average Bonchev–Trinajstić information content (AvgIpc) is 2.84. The maximum absolute atomic E-state index is 12.6. The van der Waals surface area contributed by atoms with Gasteiger partial charge in [-0.1, -0.05) is 13.8 Å². The van der Waals surface area contributed by atoms with Gasteiger partial charge in [0.2, 0.25) is 15.9 Å². The molecule has 160 valence electrons. The third-order valence-corrected chi connectivity index (χ3v) is 6.61. The Morgan fingerprint density at radius 2 is 1.79 bits per heavy atom. The first-order valence-corrected chi connectivity index (χ1v) is 10.8. The SMILES string of the molecule is CC(C)CC[C@@]1(C)NC(=O)N(CC(=O)Nc2ccc(S(=O)(=O)N(C)C)cc2)C1=O. The van der Waals surface area contributed by atoms with Gasteiger partial charge in [0.15, 0.2) is 0 Å². The van der Waals surface area contributed by atoms with Gasteiger partial charge < -0.3 is 10.6 Å². The van der Waals surface area contributed by atoms with Gasteiger partial charge >= 0.3 is 6.03 Å². The van der Waals surface area contributed by atoms with Crippen molar-refractivity contribution in [3.05, 3.63) is 24.3 Å². The molecule has 1 saturated heterocycles. The molecule has 0 radical (unpaired) electrons. The van der Waals surface area contributed by atoms with Crippen LogP contribution < -0.4 is 10.6 Å². The molecule has 1 aliphatic heterocycles. The van der Waals surface area contributed by atoms with Crippen molar-refractivity contribution >= 4 is 33.6 Å². The van der Waals surface area contributed by atoms with Gasteiger partial charge in [0, 0.05) is 19.8 Å². The quantitative estimate of drug-likeness (QED) is 0.615. The zero-order valence-electron chi connectivity index (χ0n) is 17.4. The maximum atomic E-state index is 12.6. The molecule has 0 spiro atoms. The van der Waals surface area contributed by atoms with E-state index in [2.05, 4.69) is 10.6 Å². The van der Waals surface area contributed by atoms with Crippen LogP contribution in [0.1, 0.15) is 33.6 Å². The first-order valence-electron chi connectivity index (χ1n) is 9.33. The normalized spacial score (nSPS) is 19.8. The van der Waals surface area contributed by atoms with Crippen molar-refractivity contribution in [1.29, 1.82) is 0 Å². The highest BCUT2D eigenvalue weighted by atomic mass is 32.2. The third kappa shape index (κ3) is 5.13. The number of sulfonamides is 1. The number of carbonyl (C=O) groups is 3. The lowest BCUT2D eigenvalue weighted by molar-refractivity contribution is -0.133. The standard InChI is InChI=1S/C19H28N4O5S/c1-13(2)10-11-19(3)17(25)23(18(26)21-19)12-16(24)20-14-6-8-15(9-7-14)29(27,28)22(4)5/h6-9,13H,10-12H2,1-5H3,(H,20,24)(H,21,26)/t19-/m1/s1. The molecule has 10 heteroatoms. The van der Waals surface area contributed by atoms with Crippen molar-refractivity contribution in [2.24, 2.45) is 5.92 Å². The topological polar surface area (TPSA) is 116 Å². The van der Waals surface area contributed by atoms with Gasteiger partial charge in [0.1, 0.15) is 12.1 Å².